The van der Waals surface area contributed by atoms with Crippen LogP contribution in [0.1, 0.15) is 44.2 Å². The maximum absolute atomic E-state index is 12.6. The van der Waals surface area contributed by atoms with Crippen LogP contribution in [0.25, 0.3) is 0 Å². The molecule has 2 atom stereocenters. The Hall–Kier alpha value is -3.19. The molecule has 34 heavy (non-hydrogen) atoms. The van der Waals surface area contributed by atoms with Gasteiger partial charge in [-0.3, -0.25) is 9.59 Å². The lowest BCUT2D eigenvalue weighted by molar-refractivity contribution is -0.132. The van der Waals surface area contributed by atoms with Crippen LogP contribution < -0.4 is 10.6 Å². The highest BCUT2D eigenvalue weighted by molar-refractivity contribution is 5.89. The zero-order chi connectivity index (χ0) is 24.6. The number of ketones is 1. The fourth-order valence-corrected chi connectivity index (χ4v) is 3.47. The molecule has 7 heteroatoms. The average molecular weight is 469 g/mol. The quantitative estimate of drug-likeness (QED) is 0.411. The van der Waals surface area contributed by atoms with Gasteiger partial charge in [0.05, 0.1) is 6.54 Å². The molecule has 0 aliphatic heterocycles. The number of rotatable bonds is 15. The fraction of sp³-hybridized carbons (Fsp3) is 0.444. The van der Waals surface area contributed by atoms with Crippen LogP contribution in [0.4, 0.5) is 4.79 Å². The lowest BCUT2D eigenvalue weighted by atomic mass is 10.0. The van der Waals surface area contributed by atoms with E-state index in [0.717, 1.165) is 17.5 Å². The van der Waals surface area contributed by atoms with Crippen molar-refractivity contribution in [3.05, 3.63) is 71.8 Å². The number of benzene rings is 2. The van der Waals surface area contributed by atoms with E-state index in [1.165, 1.54) is 0 Å². The van der Waals surface area contributed by atoms with E-state index in [4.69, 9.17) is 9.47 Å². The van der Waals surface area contributed by atoms with Gasteiger partial charge in [0, 0.05) is 19.6 Å². The van der Waals surface area contributed by atoms with Crippen molar-refractivity contribution >= 4 is 17.8 Å². The monoisotopic (exact) mass is 468 g/mol. The van der Waals surface area contributed by atoms with Gasteiger partial charge in [-0.2, -0.15) is 0 Å². The fourth-order valence-electron chi connectivity index (χ4n) is 3.47. The van der Waals surface area contributed by atoms with Gasteiger partial charge in [-0.05, 0) is 43.2 Å². The molecule has 0 heterocycles. The van der Waals surface area contributed by atoms with Crippen LogP contribution >= 0.6 is 0 Å². The van der Waals surface area contributed by atoms with Crippen molar-refractivity contribution in [2.75, 3.05) is 19.7 Å². The number of Topliss-reactive ketones (excluding diaryl/α,β-unsaturated/α-hetero) is 1. The third kappa shape index (κ3) is 11.1. The van der Waals surface area contributed by atoms with Crippen LogP contribution in [0.5, 0.6) is 0 Å². The third-order valence-electron chi connectivity index (χ3n) is 5.38. The van der Waals surface area contributed by atoms with Gasteiger partial charge >= 0.3 is 6.09 Å². The van der Waals surface area contributed by atoms with Crippen LogP contribution in [0.2, 0.25) is 0 Å². The van der Waals surface area contributed by atoms with Crippen molar-refractivity contribution in [3.8, 4) is 0 Å². The number of nitrogens with one attached hydrogen (secondary N) is 2. The Kier molecular flexibility index (Phi) is 12.4. The van der Waals surface area contributed by atoms with E-state index in [1.54, 1.807) is 0 Å². The molecule has 0 aromatic heterocycles. The summed E-state index contributed by atoms with van der Waals surface area (Å²) < 4.78 is 10.8. The van der Waals surface area contributed by atoms with Gasteiger partial charge in [0.1, 0.15) is 12.7 Å². The lowest BCUT2D eigenvalue weighted by Gasteiger charge is -2.17. The molecular weight excluding hydrogens is 432 g/mol. The van der Waals surface area contributed by atoms with Gasteiger partial charge < -0.3 is 20.1 Å². The molecule has 2 N–H and O–H groups in total. The molecule has 7 nitrogen and oxygen atoms in total. The summed E-state index contributed by atoms with van der Waals surface area (Å²) in [5.74, 6) is -0.266. The van der Waals surface area contributed by atoms with Crippen LogP contribution in [-0.4, -0.2) is 43.6 Å². The summed E-state index contributed by atoms with van der Waals surface area (Å²) in [5, 5.41) is 5.41. The smallest absolute Gasteiger partial charge is 0.407 e. The van der Waals surface area contributed by atoms with E-state index in [0.29, 0.717) is 26.0 Å². The van der Waals surface area contributed by atoms with Gasteiger partial charge in [0.15, 0.2) is 5.78 Å². The number of hydrogen-bond acceptors (Lipinski definition) is 5. The topological polar surface area (TPSA) is 93.7 Å². The van der Waals surface area contributed by atoms with Gasteiger partial charge in [-0.1, -0.05) is 67.6 Å². The first-order valence-electron chi connectivity index (χ1n) is 11.9. The molecule has 2 aromatic rings. The molecular formula is C27H36N2O5. The molecule has 0 saturated heterocycles. The molecule has 0 bridgehead atoms. The number of hydrogen-bond donors (Lipinski definition) is 2. The molecule has 0 fully saturated rings. The van der Waals surface area contributed by atoms with Crippen molar-refractivity contribution in [2.24, 2.45) is 5.92 Å². The first kappa shape index (κ1) is 27.1. The minimum Gasteiger partial charge on any atom is -0.445 e. The summed E-state index contributed by atoms with van der Waals surface area (Å²) in [6.07, 6.45) is 1.20. The second-order valence-electron chi connectivity index (χ2n) is 8.30. The summed E-state index contributed by atoms with van der Waals surface area (Å²) in [7, 11) is 0. The van der Waals surface area contributed by atoms with E-state index >= 15 is 0 Å². The van der Waals surface area contributed by atoms with E-state index in [1.807, 2.05) is 74.5 Å². The first-order chi connectivity index (χ1) is 16.5. The Morgan fingerprint density at radius 3 is 2.18 bits per heavy atom. The van der Waals surface area contributed by atoms with E-state index in [9.17, 15) is 14.4 Å². The summed E-state index contributed by atoms with van der Waals surface area (Å²) >= 11 is 0. The lowest BCUT2D eigenvalue weighted by Crippen LogP contribution is -2.37. The Labute approximate surface area is 202 Å². The molecule has 2 rings (SSSR count). The number of ether oxygens (including phenoxy) is 2. The molecule has 184 valence electrons. The Morgan fingerprint density at radius 1 is 0.882 bits per heavy atom. The number of carbonyl (C=O) groups is 3. The number of carbonyl (C=O) groups excluding carboxylic acids is 3. The molecule has 2 amide bonds. The van der Waals surface area contributed by atoms with Crippen LogP contribution in [0, 0.1) is 5.92 Å². The molecule has 0 spiro atoms. The highest BCUT2D eigenvalue weighted by atomic mass is 16.5. The Bertz CT molecular complexity index is 873. The van der Waals surface area contributed by atoms with Crippen molar-refractivity contribution in [1.29, 1.82) is 0 Å². The summed E-state index contributed by atoms with van der Waals surface area (Å²) in [4.78, 5) is 36.6. The van der Waals surface area contributed by atoms with Gasteiger partial charge in [0.2, 0.25) is 5.91 Å². The SMILES string of the molecule is CCOC(CCc1ccccc1)C(=O)CNC(=O)CC(C)CCNC(=O)OCc1ccccc1. The Balaban J connectivity index is 1.61. The van der Waals surface area contributed by atoms with Gasteiger partial charge in [-0.15, -0.1) is 0 Å². The molecule has 2 unspecified atom stereocenters. The van der Waals surface area contributed by atoms with Crippen LogP contribution in [-0.2, 0) is 32.1 Å². The van der Waals surface area contributed by atoms with Gasteiger partial charge in [0.25, 0.3) is 0 Å². The highest BCUT2D eigenvalue weighted by Crippen LogP contribution is 2.10. The minimum atomic E-state index is -0.533. The predicted molar refractivity (Wildman–Crippen MR) is 131 cm³/mol. The van der Waals surface area contributed by atoms with E-state index in [-0.39, 0.29) is 37.2 Å². The average Bonchev–Trinajstić information content (AvgIpc) is 2.85. The molecule has 2 aromatic carbocycles. The summed E-state index contributed by atoms with van der Waals surface area (Å²) in [6.45, 7) is 4.81. The standard InChI is InChI=1S/C27H36N2O5/c1-3-33-25(15-14-22-10-6-4-7-11-22)24(30)19-29-26(31)18-21(2)16-17-28-27(32)34-20-23-12-8-5-9-13-23/h4-13,21,25H,3,14-20H2,1-2H3,(H,28,32)(H,29,31). The first-order valence-corrected chi connectivity index (χ1v) is 11.9. The minimum absolute atomic E-state index is 0.0466. The van der Waals surface area contributed by atoms with Crippen LogP contribution in [0.15, 0.2) is 60.7 Å². The highest BCUT2D eigenvalue weighted by Gasteiger charge is 2.19. The van der Waals surface area contributed by atoms with Crippen molar-refractivity contribution in [1.82, 2.24) is 10.6 Å². The third-order valence-corrected chi connectivity index (χ3v) is 5.38. The van der Waals surface area contributed by atoms with Gasteiger partial charge in [-0.25, -0.2) is 4.79 Å². The second kappa shape index (κ2) is 15.6. The zero-order valence-electron chi connectivity index (χ0n) is 20.1. The van der Waals surface area contributed by atoms with Crippen molar-refractivity contribution in [2.45, 2.75) is 52.2 Å². The zero-order valence-corrected chi connectivity index (χ0v) is 20.1. The second-order valence-corrected chi connectivity index (χ2v) is 8.30. The number of amides is 2. The predicted octanol–water partition coefficient (Wildman–Crippen LogP) is 4.05. The molecule has 0 aliphatic rings. The summed E-state index contributed by atoms with van der Waals surface area (Å²) in [6, 6.07) is 19.4. The van der Waals surface area contributed by atoms with Crippen molar-refractivity contribution in [3.63, 3.8) is 0 Å². The van der Waals surface area contributed by atoms with Crippen LogP contribution in [0.3, 0.4) is 0 Å². The van der Waals surface area contributed by atoms with E-state index < -0.39 is 12.2 Å². The maximum Gasteiger partial charge on any atom is 0.407 e. The normalized spacial score (nSPS) is 12.4. The van der Waals surface area contributed by atoms with Crippen molar-refractivity contribution < 1.29 is 23.9 Å². The summed E-state index contributed by atoms with van der Waals surface area (Å²) in [5.41, 5.74) is 2.07. The number of aryl methyl sites for hydroxylation is 1. The molecule has 0 aliphatic carbocycles. The van der Waals surface area contributed by atoms with E-state index in [2.05, 4.69) is 10.6 Å². The number of alkyl carbamates (subject to hydrolysis) is 1. The molecule has 0 saturated carbocycles. The maximum atomic E-state index is 12.6. The largest absolute Gasteiger partial charge is 0.445 e. The Morgan fingerprint density at radius 2 is 1.53 bits per heavy atom. The molecule has 0 radical (unpaired) electrons.